The number of aryl methyl sites for hydroxylation is 1. The van der Waals surface area contributed by atoms with Crippen LogP contribution in [-0.4, -0.2) is 24.4 Å². The number of methoxy groups -OCH3 is 1. The molecule has 19 heavy (non-hydrogen) atoms. The average molecular weight is 328 g/mol. The number of carbonyl (C=O) groups excluding carboxylic acids is 1. The molecule has 0 bridgehead atoms. The van der Waals surface area contributed by atoms with Crippen LogP contribution in [-0.2, 0) is 11.2 Å². The molecule has 0 saturated heterocycles. The summed E-state index contributed by atoms with van der Waals surface area (Å²) in [4.78, 5) is 12.2. The Hall–Kier alpha value is -1.03. The zero-order valence-corrected chi connectivity index (χ0v) is 13.2. The first-order valence-electron chi connectivity index (χ1n) is 6.69. The van der Waals surface area contributed by atoms with Gasteiger partial charge in [-0.3, -0.25) is 4.79 Å². The first-order chi connectivity index (χ1) is 9.15. The Morgan fingerprint density at radius 2 is 2.05 bits per heavy atom. The molecule has 0 aliphatic heterocycles. The average Bonchev–Trinajstić information content (AvgIpc) is 2.45. The summed E-state index contributed by atoms with van der Waals surface area (Å²) < 4.78 is 5.10. The number of halogens is 1. The first-order valence-corrected chi connectivity index (χ1v) is 7.61. The van der Waals surface area contributed by atoms with Crippen LogP contribution in [0, 0.1) is 0 Å². The van der Waals surface area contributed by atoms with Crippen molar-refractivity contribution in [1.29, 1.82) is 0 Å². The van der Waals surface area contributed by atoms with E-state index in [0.29, 0.717) is 11.2 Å². The summed E-state index contributed by atoms with van der Waals surface area (Å²) in [6, 6.07) is 7.84. The highest BCUT2D eigenvalue weighted by molar-refractivity contribution is 9.09. The summed E-state index contributed by atoms with van der Waals surface area (Å²) in [7, 11) is 1.65. The molecule has 0 aliphatic carbocycles. The van der Waals surface area contributed by atoms with Crippen LogP contribution in [0.3, 0.4) is 0 Å². The minimum Gasteiger partial charge on any atom is -0.497 e. The number of carbonyl (C=O) groups is 1. The van der Waals surface area contributed by atoms with E-state index in [1.807, 2.05) is 24.3 Å². The summed E-state index contributed by atoms with van der Waals surface area (Å²) in [6.07, 6.45) is 3.36. The van der Waals surface area contributed by atoms with Gasteiger partial charge in [-0.25, -0.2) is 0 Å². The maximum absolute atomic E-state index is 11.7. The molecule has 3 nitrogen and oxygen atoms in total. The fourth-order valence-electron chi connectivity index (χ4n) is 1.71. The lowest BCUT2D eigenvalue weighted by atomic mass is 10.1. The van der Waals surface area contributed by atoms with E-state index >= 15 is 0 Å². The van der Waals surface area contributed by atoms with Crippen LogP contribution in [0.25, 0.3) is 0 Å². The summed E-state index contributed by atoms with van der Waals surface area (Å²) in [5.74, 6) is 0.961. The van der Waals surface area contributed by atoms with Crippen molar-refractivity contribution in [1.82, 2.24) is 5.32 Å². The molecule has 0 heterocycles. The molecule has 1 rings (SSSR count). The molecule has 1 aromatic carbocycles. The minimum atomic E-state index is 0.117. The maximum Gasteiger partial charge on any atom is 0.220 e. The lowest BCUT2D eigenvalue weighted by Gasteiger charge is -2.08. The van der Waals surface area contributed by atoms with Crippen molar-refractivity contribution in [3.8, 4) is 5.75 Å². The molecule has 1 atom stereocenters. The molecule has 0 spiro atoms. The van der Waals surface area contributed by atoms with E-state index in [0.717, 1.165) is 37.1 Å². The van der Waals surface area contributed by atoms with Crippen LogP contribution < -0.4 is 10.1 Å². The summed E-state index contributed by atoms with van der Waals surface area (Å²) in [6.45, 7) is 2.87. The molecule has 0 saturated carbocycles. The quantitative estimate of drug-likeness (QED) is 0.744. The van der Waals surface area contributed by atoms with E-state index < -0.39 is 0 Å². The smallest absolute Gasteiger partial charge is 0.220 e. The highest BCUT2D eigenvalue weighted by Crippen LogP contribution is 2.12. The largest absolute Gasteiger partial charge is 0.497 e. The van der Waals surface area contributed by atoms with Crippen LogP contribution in [0.4, 0.5) is 0 Å². The Balaban J connectivity index is 2.22. The van der Waals surface area contributed by atoms with Gasteiger partial charge in [0.15, 0.2) is 0 Å². The van der Waals surface area contributed by atoms with Crippen molar-refractivity contribution in [2.75, 3.05) is 13.7 Å². The van der Waals surface area contributed by atoms with Crippen molar-refractivity contribution in [2.24, 2.45) is 0 Å². The second kappa shape index (κ2) is 8.97. The third-order valence-electron chi connectivity index (χ3n) is 3.02. The number of alkyl halides is 1. The van der Waals surface area contributed by atoms with E-state index in [1.165, 1.54) is 0 Å². The van der Waals surface area contributed by atoms with E-state index in [1.54, 1.807) is 7.11 Å². The molecule has 1 amide bonds. The molecule has 0 fully saturated rings. The normalized spacial score (nSPS) is 11.9. The van der Waals surface area contributed by atoms with E-state index in [-0.39, 0.29) is 5.91 Å². The van der Waals surface area contributed by atoms with Gasteiger partial charge in [-0.15, -0.1) is 0 Å². The van der Waals surface area contributed by atoms with Crippen molar-refractivity contribution in [3.05, 3.63) is 29.8 Å². The standard InChI is InChI=1S/C15H22BrNO2/c1-3-13(16)10-11-17-15(18)9-6-12-4-7-14(19-2)8-5-12/h4-5,7-8,13H,3,6,9-11H2,1-2H3,(H,17,18). The van der Waals surface area contributed by atoms with Gasteiger partial charge in [0, 0.05) is 17.8 Å². The molecular formula is C15H22BrNO2. The van der Waals surface area contributed by atoms with Crippen LogP contribution >= 0.6 is 15.9 Å². The SMILES string of the molecule is CCC(Br)CCNC(=O)CCc1ccc(OC)cc1. The Kier molecular flexibility index (Phi) is 7.56. The maximum atomic E-state index is 11.7. The number of hydrogen-bond donors (Lipinski definition) is 1. The summed E-state index contributed by atoms with van der Waals surface area (Å²) in [5.41, 5.74) is 1.16. The van der Waals surface area contributed by atoms with Crippen LogP contribution in [0.2, 0.25) is 0 Å². The molecule has 0 aliphatic rings. The van der Waals surface area contributed by atoms with E-state index in [2.05, 4.69) is 28.2 Å². The number of nitrogens with one attached hydrogen (secondary N) is 1. The highest BCUT2D eigenvalue weighted by atomic mass is 79.9. The second-order valence-corrected chi connectivity index (χ2v) is 5.79. The number of hydrogen-bond acceptors (Lipinski definition) is 2. The van der Waals surface area contributed by atoms with Crippen molar-refractivity contribution >= 4 is 21.8 Å². The Labute approximate surface area is 123 Å². The van der Waals surface area contributed by atoms with Gasteiger partial charge in [0.2, 0.25) is 5.91 Å². The van der Waals surface area contributed by atoms with Crippen molar-refractivity contribution in [2.45, 2.75) is 37.4 Å². The Bertz CT molecular complexity index is 378. The van der Waals surface area contributed by atoms with Gasteiger partial charge in [-0.05, 0) is 37.0 Å². The lowest BCUT2D eigenvalue weighted by molar-refractivity contribution is -0.121. The van der Waals surface area contributed by atoms with Crippen molar-refractivity contribution in [3.63, 3.8) is 0 Å². The van der Waals surface area contributed by atoms with Gasteiger partial charge in [0.05, 0.1) is 7.11 Å². The molecule has 1 N–H and O–H groups in total. The third kappa shape index (κ3) is 6.62. The number of benzene rings is 1. The van der Waals surface area contributed by atoms with Gasteiger partial charge in [0.1, 0.15) is 5.75 Å². The fourth-order valence-corrected chi connectivity index (χ4v) is 1.94. The lowest BCUT2D eigenvalue weighted by Crippen LogP contribution is -2.26. The highest BCUT2D eigenvalue weighted by Gasteiger charge is 2.04. The molecule has 4 heteroatoms. The fraction of sp³-hybridized carbons (Fsp3) is 0.533. The van der Waals surface area contributed by atoms with Crippen LogP contribution in [0.5, 0.6) is 5.75 Å². The predicted molar refractivity (Wildman–Crippen MR) is 81.9 cm³/mol. The third-order valence-corrected chi connectivity index (χ3v) is 4.13. The van der Waals surface area contributed by atoms with Crippen LogP contribution in [0.1, 0.15) is 31.7 Å². The first kappa shape index (κ1) is 16.0. The number of ether oxygens (including phenoxy) is 1. The van der Waals surface area contributed by atoms with Gasteiger partial charge in [-0.2, -0.15) is 0 Å². The van der Waals surface area contributed by atoms with Gasteiger partial charge < -0.3 is 10.1 Å². The molecule has 0 aromatic heterocycles. The summed E-state index contributed by atoms with van der Waals surface area (Å²) in [5, 5.41) is 2.95. The molecule has 0 radical (unpaired) electrons. The molecule has 106 valence electrons. The van der Waals surface area contributed by atoms with Gasteiger partial charge in [-0.1, -0.05) is 35.0 Å². The van der Waals surface area contributed by atoms with Crippen molar-refractivity contribution < 1.29 is 9.53 Å². The van der Waals surface area contributed by atoms with Gasteiger partial charge in [0.25, 0.3) is 0 Å². The Morgan fingerprint density at radius 1 is 1.37 bits per heavy atom. The monoisotopic (exact) mass is 327 g/mol. The summed E-state index contributed by atoms with van der Waals surface area (Å²) >= 11 is 3.55. The minimum absolute atomic E-state index is 0.117. The molecule has 1 aromatic rings. The number of amides is 1. The Morgan fingerprint density at radius 3 is 2.63 bits per heavy atom. The van der Waals surface area contributed by atoms with E-state index in [9.17, 15) is 4.79 Å². The zero-order valence-electron chi connectivity index (χ0n) is 11.6. The predicted octanol–water partition coefficient (Wildman–Crippen LogP) is 3.31. The van der Waals surface area contributed by atoms with Gasteiger partial charge >= 0.3 is 0 Å². The zero-order chi connectivity index (χ0) is 14.1. The molecule has 1 unspecified atom stereocenters. The number of rotatable bonds is 8. The topological polar surface area (TPSA) is 38.3 Å². The van der Waals surface area contributed by atoms with Crippen LogP contribution in [0.15, 0.2) is 24.3 Å². The molecular weight excluding hydrogens is 306 g/mol. The second-order valence-electron chi connectivity index (χ2n) is 4.49. The van der Waals surface area contributed by atoms with E-state index in [4.69, 9.17) is 4.74 Å².